The Hall–Kier alpha value is -0.895. The SMILES string of the molecule is [I][Pt][I].c1cc[c]([Sb]([c]2ccccc2)[c]2ccccc2)cc1.c1cc[c]([Sb]([c]2ccccc2)[c]2ccccc2)cc1. The van der Waals surface area contributed by atoms with Crippen molar-refractivity contribution >= 4 is 100 Å². The van der Waals surface area contributed by atoms with E-state index in [0.717, 1.165) is 0 Å². The summed E-state index contributed by atoms with van der Waals surface area (Å²) >= 11 is 1.64. The first-order valence-corrected chi connectivity index (χ1v) is 33.6. The first kappa shape index (κ1) is 33.0. The molecule has 6 rings (SSSR count). The van der Waals surface area contributed by atoms with Crippen molar-refractivity contribution in [2.45, 2.75) is 0 Å². The third-order valence-electron chi connectivity index (χ3n) is 6.09. The van der Waals surface area contributed by atoms with Gasteiger partial charge in [0.15, 0.2) is 0 Å². The molecular formula is C36H30I2PtSb2. The van der Waals surface area contributed by atoms with Crippen molar-refractivity contribution < 1.29 is 11.2 Å². The summed E-state index contributed by atoms with van der Waals surface area (Å²) in [4.78, 5) is 0. The normalized spacial score (nSPS) is 10.3. The molecule has 0 nitrogen and oxygen atoms in total. The summed E-state index contributed by atoms with van der Waals surface area (Å²) in [7, 11) is 0. The molecule has 6 aromatic carbocycles. The van der Waals surface area contributed by atoms with Gasteiger partial charge >= 0.3 is 293 Å². The maximum atomic E-state index is 2.39. The minimum absolute atomic E-state index is 0.523. The second kappa shape index (κ2) is 19.4. The summed E-state index contributed by atoms with van der Waals surface area (Å²) in [5.74, 6) is 0. The Morgan fingerprint density at radius 3 is 0.512 bits per heavy atom. The predicted octanol–water partition coefficient (Wildman–Crippen LogP) is 6.17. The Morgan fingerprint density at radius 1 is 0.268 bits per heavy atom. The molecule has 41 heavy (non-hydrogen) atoms. The van der Waals surface area contributed by atoms with Gasteiger partial charge in [0.05, 0.1) is 0 Å². The van der Waals surface area contributed by atoms with Gasteiger partial charge in [0.25, 0.3) is 0 Å². The summed E-state index contributed by atoms with van der Waals surface area (Å²) < 4.78 is 9.10. The fourth-order valence-corrected chi connectivity index (χ4v) is 17.5. The van der Waals surface area contributed by atoms with Crippen molar-refractivity contribution in [2.24, 2.45) is 0 Å². The van der Waals surface area contributed by atoms with Crippen molar-refractivity contribution in [1.82, 2.24) is 0 Å². The number of halogens is 2. The van der Waals surface area contributed by atoms with E-state index >= 15 is 0 Å². The number of rotatable bonds is 6. The molecule has 0 aliphatic carbocycles. The van der Waals surface area contributed by atoms with Crippen molar-refractivity contribution in [3.05, 3.63) is 182 Å². The molecule has 0 unspecified atom stereocenters. The monoisotopic (exact) mass is 1150 g/mol. The zero-order valence-corrected chi connectivity index (χ0v) is 34.0. The molecule has 208 valence electrons. The molecule has 0 heterocycles. The van der Waals surface area contributed by atoms with Gasteiger partial charge in [-0.3, -0.25) is 0 Å². The van der Waals surface area contributed by atoms with E-state index in [1.807, 2.05) is 0 Å². The van der Waals surface area contributed by atoms with Gasteiger partial charge < -0.3 is 0 Å². The molecule has 0 spiro atoms. The second-order valence-electron chi connectivity index (χ2n) is 8.73. The Bertz CT molecular complexity index is 1200. The average Bonchev–Trinajstić information content (AvgIpc) is 3.05. The van der Waals surface area contributed by atoms with Gasteiger partial charge in [-0.05, 0) is 0 Å². The molecular weight excluding hydrogens is 1120 g/mol. The molecule has 0 aliphatic heterocycles. The minimum atomic E-state index is -1.83. The summed E-state index contributed by atoms with van der Waals surface area (Å²) in [5, 5.41) is 0. The van der Waals surface area contributed by atoms with Crippen LogP contribution in [0.25, 0.3) is 0 Å². The molecule has 6 aromatic rings. The van der Waals surface area contributed by atoms with Crippen LogP contribution in [0.15, 0.2) is 182 Å². The molecule has 0 radical (unpaired) electrons. The zero-order chi connectivity index (χ0) is 28.5. The van der Waals surface area contributed by atoms with Gasteiger partial charge in [0.2, 0.25) is 0 Å². The van der Waals surface area contributed by atoms with Crippen LogP contribution in [0, 0.1) is 0 Å². The quantitative estimate of drug-likeness (QED) is 0.138. The van der Waals surface area contributed by atoms with Gasteiger partial charge in [-0.2, -0.15) is 0 Å². The van der Waals surface area contributed by atoms with Crippen LogP contribution in [-0.4, -0.2) is 40.4 Å². The molecule has 0 amide bonds. The van der Waals surface area contributed by atoms with Crippen LogP contribution in [0.4, 0.5) is 0 Å². The van der Waals surface area contributed by atoms with Gasteiger partial charge in [0.1, 0.15) is 0 Å². The molecule has 0 fully saturated rings. The third kappa shape index (κ3) is 10.6. The van der Waals surface area contributed by atoms with Crippen LogP contribution >= 0.6 is 38.7 Å². The van der Waals surface area contributed by atoms with Crippen LogP contribution in [-0.2, 0) is 11.2 Å². The van der Waals surface area contributed by atoms with E-state index in [1.165, 1.54) is 21.1 Å². The van der Waals surface area contributed by atoms with Crippen LogP contribution in [0.1, 0.15) is 0 Å². The number of benzene rings is 6. The van der Waals surface area contributed by atoms with E-state index in [1.54, 1.807) is 0 Å². The molecule has 0 aromatic heterocycles. The van der Waals surface area contributed by atoms with E-state index in [-0.39, 0.29) is 0 Å². The van der Waals surface area contributed by atoms with Crippen molar-refractivity contribution in [3.8, 4) is 0 Å². The first-order chi connectivity index (χ1) is 20.3. The summed E-state index contributed by atoms with van der Waals surface area (Å²) in [6.07, 6.45) is 0. The van der Waals surface area contributed by atoms with E-state index in [4.69, 9.17) is 0 Å². The number of hydrogen-bond donors (Lipinski definition) is 0. The first-order valence-electron chi connectivity index (χ1n) is 13.0. The van der Waals surface area contributed by atoms with E-state index in [9.17, 15) is 0 Å². The maximum absolute atomic E-state index is 2.39. The van der Waals surface area contributed by atoms with Gasteiger partial charge in [-0.1, -0.05) is 0 Å². The summed E-state index contributed by atoms with van der Waals surface area (Å²) in [6, 6.07) is 65.8. The van der Waals surface area contributed by atoms with Crippen molar-refractivity contribution in [3.63, 3.8) is 0 Å². The fourth-order valence-electron chi connectivity index (χ4n) is 4.36. The predicted molar refractivity (Wildman–Crippen MR) is 196 cm³/mol. The average molecular weight is 1160 g/mol. The molecule has 0 saturated heterocycles. The van der Waals surface area contributed by atoms with Gasteiger partial charge in [-0.25, -0.2) is 0 Å². The van der Waals surface area contributed by atoms with Crippen LogP contribution in [0.5, 0.6) is 0 Å². The van der Waals surface area contributed by atoms with Crippen LogP contribution in [0.3, 0.4) is 0 Å². The topological polar surface area (TPSA) is 0 Å². The Labute approximate surface area is 289 Å². The molecule has 5 heteroatoms. The van der Waals surface area contributed by atoms with E-state index in [0.29, 0.717) is 11.2 Å². The van der Waals surface area contributed by atoms with Gasteiger partial charge in [0, 0.05) is 0 Å². The van der Waals surface area contributed by atoms with Crippen LogP contribution < -0.4 is 21.1 Å². The summed E-state index contributed by atoms with van der Waals surface area (Å²) in [6.45, 7) is 0. The third-order valence-corrected chi connectivity index (χ3v) is 20.0. The second-order valence-corrected chi connectivity index (χ2v) is 38.0. The number of hydrogen-bond acceptors (Lipinski definition) is 0. The van der Waals surface area contributed by atoms with Crippen molar-refractivity contribution in [2.75, 3.05) is 0 Å². The summed E-state index contributed by atoms with van der Waals surface area (Å²) in [5.41, 5.74) is 0. The standard InChI is InChI=1S/6C6H5.2HI.Pt.2Sb/c6*1-2-4-6-5-3-1;;;;;/h6*1-5H;2*1H;;;/q;;;;;;;;+2;;/p-2. The van der Waals surface area contributed by atoms with E-state index in [2.05, 4.69) is 221 Å². The Kier molecular flexibility index (Phi) is 15.6. The molecule has 0 bridgehead atoms. The molecule has 0 saturated carbocycles. The van der Waals surface area contributed by atoms with Gasteiger partial charge in [-0.15, -0.1) is 0 Å². The Balaban J connectivity index is 0.000000173. The molecule has 0 N–H and O–H groups in total. The fraction of sp³-hybridized carbons (Fsp3) is 0. The van der Waals surface area contributed by atoms with Crippen LogP contribution in [0.2, 0.25) is 0 Å². The zero-order valence-electron chi connectivity index (χ0n) is 22.3. The molecule has 0 aliphatic rings. The molecule has 0 atom stereocenters. The van der Waals surface area contributed by atoms with Crippen molar-refractivity contribution in [1.29, 1.82) is 0 Å². The Morgan fingerprint density at radius 2 is 0.390 bits per heavy atom. The van der Waals surface area contributed by atoms with E-state index < -0.39 is 40.4 Å².